The van der Waals surface area contributed by atoms with E-state index in [0.29, 0.717) is 12.2 Å². The van der Waals surface area contributed by atoms with Crippen LogP contribution in [-0.4, -0.2) is 21.9 Å². The number of benzene rings is 2. The van der Waals surface area contributed by atoms with Crippen molar-refractivity contribution in [3.05, 3.63) is 65.1 Å². The van der Waals surface area contributed by atoms with E-state index in [9.17, 15) is 4.79 Å². The Balaban J connectivity index is 1.82. The molecule has 2 aromatic carbocycles. The minimum atomic E-state index is -0.655. The van der Waals surface area contributed by atoms with Crippen LogP contribution in [0, 0.1) is 5.82 Å². The summed E-state index contributed by atoms with van der Waals surface area (Å²) < 4.78 is 26.4. The highest BCUT2D eigenvalue weighted by Crippen LogP contribution is 2.37. The van der Waals surface area contributed by atoms with Gasteiger partial charge in [-0.05, 0) is 69.2 Å². The Kier molecular flexibility index (Phi) is 6.85. The molecule has 31 heavy (non-hydrogen) atoms. The summed E-state index contributed by atoms with van der Waals surface area (Å²) in [6.45, 7) is 7.13. The van der Waals surface area contributed by atoms with E-state index < -0.39 is 23.6 Å². The fourth-order valence-corrected chi connectivity index (χ4v) is 3.18. The van der Waals surface area contributed by atoms with Crippen molar-refractivity contribution in [3.8, 4) is 22.8 Å². The van der Waals surface area contributed by atoms with E-state index in [1.807, 2.05) is 25.1 Å². The molecule has 1 aromatic heterocycles. The Labute approximate surface area is 185 Å². The SMILES string of the molecule is CC[C@@H](NC(=O)OC(C)(C)C)c1ccc(Cl)c(Oc2ccc(-c3ccn[nH]3)cc2)c1F. The maximum Gasteiger partial charge on any atom is 0.408 e. The molecule has 3 aromatic rings. The summed E-state index contributed by atoms with van der Waals surface area (Å²) in [7, 11) is 0. The number of aromatic nitrogens is 2. The fourth-order valence-electron chi connectivity index (χ4n) is 3.00. The van der Waals surface area contributed by atoms with Gasteiger partial charge < -0.3 is 14.8 Å². The van der Waals surface area contributed by atoms with E-state index in [1.54, 1.807) is 45.2 Å². The van der Waals surface area contributed by atoms with Gasteiger partial charge in [0.25, 0.3) is 0 Å². The first-order chi connectivity index (χ1) is 14.7. The Morgan fingerprint density at radius 1 is 1.19 bits per heavy atom. The molecule has 0 saturated carbocycles. The number of H-pyrrole nitrogens is 1. The van der Waals surface area contributed by atoms with Crippen molar-refractivity contribution >= 4 is 17.7 Å². The number of nitrogens with zero attached hydrogens (tertiary/aromatic N) is 1. The van der Waals surface area contributed by atoms with Gasteiger partial charge in [0.1, 0.15) is 11.4 Å². The van der Waals surface area contributed by atoms with E-state index in [1.165, 1.54) is 6.07 Å². The average Bonchev–Trinajstić information content (AvgIpc) is 3.24. The van der Waals surface area contributed by atoms with Crippen LogP contribution in [0.3, 0.4) is 0 Å². The summed E-state index contributed by atoms with van der Waals surface area (Å²) in [6, 6.07) is 11.4. The third-order valence-electron chi connectivity index (χ3n) is 4.44. The van der Waals surface area contributed by atoms with E-state index in [4.69, 9.17) is 21.1 Å². The van der Waals surface area contributed by atoms with Gasteiger partial charge in [0.05, 0.1) is 16.8 Å². The Morgan fingerprint density at radius 2 is 1.90 bits per heavy atom. The number of nitrogens with one attached hydrogen (secondary N) is 2. The summed E-state index contributed by atoms with van der Waals surface area (Å²) in [6.07, 6.45) is 1.50. The van der Waals surface area contributed by atoms with Gasteiger partial charge in [0.15, 0.2) is 11.6 Å². The van der Waals surface area contributed by atoms with Gasteiger partial charge in [-0.25, -0.2) is 9.18 Å². The van der Waals surface area contributed by atoms with Crippen LogP contribution < -0.4 is 10.1 Å². The third kappa shape index (κ3) is 5.76. The number of amides is 1. The van der Waals surface area contributed by atoms with Crippen LogP contribution in [0.15, 0.2) is 48.7 Å². The molecule has 0 fully saturated rings. The lowest BCUT2D eigenvalue weighted by molar-refractivity contribution is 0.0501. The van der Waals surface area contributed by atoms with Crippen molar-refractivity contribution < 1.29 is 18.7 Å². The van der Waals surface area contributed by atoms with Crippen molar-refractivity contribution in [3.63, 3.8) is 0 Å². The smallest absolute Gasteiger partial charge is 0.408 e. The highest BCUT2D eigenvalue weighted by Gasteiger charge is 2.24. The largest absolute Gasteiger partial charge is 0.453 e. The lowest BCUT2D eigenvalue weighted by Gasteiger charge is -2.24. The van der Waals surface area contributed by atoms with Crippen molar-refractivity contribution in [2.75, 3.05) is 0 Å². The molecule has 0 aliphatic rings. The molecule has 6 nitrogen and oxygen atoms in total. The highest BCUT2D eigenvalue weighted by molar-refractivity contribution is 6.32. The van der Waals surface area contributed by atoms with Crippen LogP contribution in [0.5, 0.6) is 11.5 Å². The zero-order valence-electron chi connectivity index (χ0n) is 17.8. The summed E-state index contributed by atoms with van der Waals surface area (Å²) in [5, 5.41) is 9.64. The second-order valence-electron chi connectivity index (χ2n) is 7.98. The fraction of sp³-hybridized carbons (Fsp3) is 0.304. The van der Waals surface area contributed by atoms with Crippen molar-refractivity contribution in [1.82, 2.24) is 15.5 Å². The minimum Gasteiger partial charge on any atom is -0.453 e. The van der Waals surface area contributed by atoms with Crippen molar-refractivity contribution in [2.24, 2.45) is 0 Å². The highest BCUT2D eigenvalue weighted by atomic mass is 35.5. The van der Waals surface area contributed by atoms with Gasteiger partial charge in [-0.2, -0.15) is 5.10 Å². The van der Waals surface area contributed by atoms with Crippen LogP contribution in [0.2, 0.25) is 5.02 Å². The van der Waals surface area contributed by atoms with E-state index >= 15 is 4.39 Å². The number of aromatic amines is 1. The van der Waals surface area contributed by atoms with Gasteiger partial charge in [-0.15, -0.1) is 0 Å². The third-order valence-corrected chi connectivity index (χ3v) is 4.74. The normalized spacial score (nSPS) is 12.3. The van der Waals surface area contributed by atoms with Gasteiger partial charge >= 0.3 is 6.09 Å². The van der Waals surface area contributed by atoms with Gasteiger partial charge in [-0.3, -0.25) is 5.10 Å². The molecular formula is C23H25ClFN3O3. The molecule has 1 amide bonds. The summed E-state index contributed by atoms with van der Waals surface area (Å²) >= 11 is 6.21. The van der Waals surface area contributed by atoms with Gasteiger partial charge in [-0.1, -0.05) is 24.6 Å². The van der Waals surface area contributed by atoms with E-state index in [-0.39, 0.29) is 16.3 Å². The van der Waals surface area contributed by atoms with Crippen molar-refractivity contribution in [1.29, 1.82) is 0 Å². The number of alkyl carbamates (subject to hydrolysis) is 1. The molecule has 3 rings (SSSR count). The monoisotopic (exact) mass is 445 g/mol. The molecular weight excluding hydrogens is 421 g/mol. The first kappa shape index (κ1) is 22.6. The predicted molar refractivity (Wildman–Crippen MR) is 118 cm³/mol. The molecule has 0 saturated heterocycles. The van der Waals surface area contributed by atoms with Gasteiger partial charge in [0.2, 0.25) is 0 Å². The zero-order chi connectivity index (χ0) is 22.6. The second-order valence-corrected chi connectivity index (χ2v) is 8.39. The van der Waals surface area contributed by atoms with E-state index in [2.05, 4.69) is 15.5 Å². The first-order valence-corrected chi connectivity index (χ1v) is 10.3. The predicted octanol–water partition coefficient (Wildman–Crippen LogP) is 6.64. The average molecular weight is 446 g/mol. The first-order valence-electron chi connectivity index (χ1n) is 9.93. The topological polar surface area (TPSA) is 76.2 Å². The quantitative estimate of drug-likeness (QED) is 0.446. The molecule has 2 N–H and O–H groups in total. The van der Waals surface area contributed by atoms with Crippen LogP contribution in [0.25, 0.3) is 11.3 Å². The molecule has 0 unspecified atom stereocenters. The lowest BCUT2D eigenvalue weighted by atomic mass is 10.0. The molecule has 0 spiro atoms. The standard InChI is InChI=1S/C23H25ClFN3O3/c1-5-18(27-22(29)31-23(2,3)4)16-10-11-17(24)21(20(16)25)30-15-8-6-14(7-9-15)19-12-13-26-28-19/h6-13,18H,5H2,1-4H3,(H,26,28)(H,27,29)/t18-/m1/s1. The molecule has 164 valence electrons. The molecule has 8 heteroatoms. The molecule has 0 aliphatic heterocycles. The number of rotatable bonds is 6. The minimum absolute atomic E-state index is 0.0992. The van der Waals surface area contributed by atoms with Crippen LogP contribution in [-0.2, 0) is 4.74 Å². The molecule has 0 bridgehead atoms. The summed E-state index contributed by atoms with van der Waals surface area (Å²) in [5.74, 6) is -0.305. The maximum absolute atomic E-state index is 15.3. The number of hydrogen-bond acceptors (Lipinski definition) is 4. The van der Waals surface area contributed by atoms with Crippen molar-refractivity contribution in [2.45, 2.75) is 45.8 Å². The number of ether oxygens (including phenoxy) is 2. The Bertz CT molecular complexity index is 1030. The van der Waals surface area contributed by atoms with E-state index in [0.717, 1.165) is 11.3 Å². The van der Waals surface area contributed by atoms with Gasteiger partial charge in [0, 0.05) is 11.8 Å². The molecule has 0 aliphatic carbocycles. The second kappa shape index (κ2) is 9.39. The lowest BCUT2D eigenvalue weighted by Crippen LogP contribution is -2.35. The number of hydrogen-bond donors (Lipinski definition) is 2. The molecule has 0 radical (unpaired) electrons. The Hall–Kier alpha value is -3.06. The zero-order valence-corrected chi connectivity index (χ0v) is 18.6. The summed E-state index contributed by atoms with van der Waals surface area (Å²) in [4.78, 5) is 12.2. The maximum atomic E-state index is 15.3. The molecule has 1 atom stereocenters. The number of carbonyl (C=O) groups is 1. The van der Waals surface area contributed by atoms with Crippen LogP contribution >= 0.6 is 11.6 Å². The summed E-state index contributed by atoms with van der Waals surface area (Å²) in [5.41, 5.74) is 1.38. The number of halogens is 2. The number of carbonyl (C=O) groups excluding carboxylic acids is 1. The van der Waals surface area contributed by atoms with Crippen LogP contribution in [0.4, 0.5) is 9.18 Å². The Morgan fingerprint density at radius 3 is 2.48 bits per heavy atom. The van der Waals surface area contributed by atoms with Crippen LogP contribution in [0.1, 0.15) is 45.7 Å². The molecule has 1 heterocycles.